The number of ether oxygens (including phenoxy) is 1. The largest absolute Gasteiger partial charge is 0.494 e. The Labute approximate surface area is 181 Å². The Hall–Kier alpha value is -2.24. The Morgan fingerprint density at radius 2 is 1.66 bits per heavy atom. The number of hydrogen-bond acceptors (Lipinski definition) is 3. The molecule has 1 aliphatic rings. The van der Waals surface area contributed by atoms with E-state index in [-0.39, 0.29) is 11.8 Å². The molecule has 0 N–H and O–H groups in total. The van der Waals surface area contributed by atoms with E-state index in [0.717, 1.165) is 12.2 Å². The highest BCUT2D eigenvalue weighted by atomic mass is 35.5. The highest BCUT2D eigenvalue weighted by Crippen LogP contribution is 2.23. The molecule has 2 aromatic rings. The van der Waals surface area contributed by atoms with Crippen LogP contribution >= 0.6 is 23.2 Å². The van der Waals surface area contributed by atoms with E-state index < -0.39 is 0 Å². The van der Waals surface area contributed by atoms with Gasteiger partial charge in [-0.05, 0) is 43.2 Å². The molecule has 0 unspecified atom stereocenters. The molecule has 0 bridgehead atoms. The van der Waals surface area contributed by atoms with Gasteiger partial charge in [-0.2, -0.15) is 0 Å². The lowest BCUT2D eigenvalue weighted by atomic mass is 10.2. The summed E-state index contributed by atoms with van der Waals surface area (Å²) < 4.78 is 5.64. The van der Waals surface area contributed by atoms with E-state index in [2.05, 4.69) is 0 Å². The molecule has 0 radical (unpaired) electrons. The molecule has 29 heavy (non-hydrogen) atoms. The second kappa shape index (κ2) is 10.5. The Bertz CT molecular complexity index is 845. The van der Waals surface area contributed by atoms with Crippen LogP contribution in [-0.4, -0.2) is 54.4 Å². The number of halogens is 2. The monoisotopic (exact) mass is 434 g/mol. The van der Waals surface area contributed by atoms with Crippen molar-refractivity contribution in [1.29, 1.82) is 0 Å². The van der Waals surface area contributed by atoms with Crippen molar-refractivity contribution in [1.82, 2.24) is 9.80 Å². The zero-order valence-electron chi connectivity index (χ0n) is 16.2. The first-order valence-electron chi connectivity index (χ1n) is 9.74. The highest BCUT2D eigenvalue weighted by molar-refractivity contribution is 6.35. The third-order valence-electron chi connectivity index (χ3n) is 4.84. The van der Waals surface area contributed by atoms with Crippen LogP contribution in [0.25, 0.3) is 0 Å². The number of carbonyl (C=O) groups is 2. The first-order chi connectivity index (χ1) is 14.0. The number of amides is 2. The summed E-state index contributed by atoms with van der Waals surface area (Å²) in [4.78, 5) is 28.9. The van der Waals surface area contributed by atoms with E-state index in [1.807, 2.05) is 35.2 Å². The predicted molar refractivity (Wildman–Crippen MR) is 115 cm³/mol. The van der Waals surface area contributed by atoms with Crippen molar-refractivity contribution in [3.05, 3.63) is 64.1 Å². The third kappa shape index (κ3) is 6.12. The lowest BCUT2D eigenvalue weighted by Crippen LogP contribution is -2.37. The molecule has 1 saturated heterocycles. The standard InChI is InChI=1S/C22H24Cl2N2O3/c23-17-9-10-20(24)19(16-17)22(28)26-12-5-11-25(13-14-26)21(27)8-4-15-29-18-6-2-1-3-7-18/h1-3,6-7,9-10,16H,4-5,8,11-15H2. The van der Waals surface area contributed by atoms with Crippen LogP contribution < -0.4 is 4.74 Å². The zero-order chi connectivity index (χ0) is 20.6. The van der Waals surface area contributed by atoms with Crippen molar-refractivity contribution in [2.24, 2.45) is 0 Å². The van der Waals surface area contributed by atoms with Gasteiger partial charge in [0, 0.05) is 37.6 Å². The summed E-state index contributed by atoms with van der Waals surface area (Å²) in [5.74, 6) is 0.753. The minimum atomic E-state index is -0.150. The van der Waals surface area contributed by atoms with Gasteiger partial charge >= 0.3 is 0 Å². The first kappa shape index (κ1) is 21.5. The SMILES string of the molecule is O=C(CCCOc1ccccc1)N1CCCN(C(=O)c2cc(Cl)ccc2Cl)CC1. The summed E-state index contributed by atoms with van der Waals surface area (Å²) >= 11 is 12.2. The minimum Gasteiger partial charge on any atom is -0.494 e. The second-order valence-electron chi connectivity index (χ2n) is 6.92. The molecule has 0 aromatic heterocycles. The quantitative estimate of drug-likeness (QED) is 0.627. The number of para-hydroxylation sites is 1. The lowest BCUT2D eigenvalue weighted by Gasteiger charge is -2.22. The van der Waals surface area contributed by atoms with Crippen LogP contribution in [0.5, 0.6) is 5.75 Å². The summed E-state index contributed by atoms with van der Waals surface area (Å²) in [5, 5.41) is 0.858. The summed E-state index contributed by atoms with van der Waals surface area (Å²) in [6.45, 7) is 2.73. The average molecular weight is 435 g/mol. The van der Waals surface area contributed by atoms with E-state index in [1.165, 1.54) is 0 Å². The summed E-state index contributed by atoms with van der Waals surface area (Å²) in [6, 6.07) is 14.4. The second-order valence-corrected chi connectivity index (χ2v) is 7.76. The molecule has 154 valence electrons. The highest BCUT2D eigenvalue weighted by Gasteiger charge is 2.24. The maximum atomic E-state index is 12.8. The van der Waals surface area contributed by atoms with Crippen LogP contribution in [0.2, 0.25) is 10.0 Å². The number of nitrogens with zero attached hydrogens (tertiary/aromatic N) is 2. The van der Waals surface area contributed by atoms with Gasteiger partial charge in [0.15, 0.2) is 0 Å². The Kier molecular flexibility index (Phi) is 7.78. The van der Waals surface area contributed by atoms with Gasteiger partial charge in [-0.3, -0.25) is 9.59 Å². The van der Waals surface area contributed by atoms with Gasteiger partial charge < -0.3 is 14.5 Å². The molecule has 1 heterocycles. The third-order valence-corrected chi connectivity index (χ3v) is 5.41. The Morgan fingerprint density at radius 3 is 2.45 bits per heavy atom. The van der Waals surface area contributed by atoms with E-state index >= 15 is 0 Å². The van der Waals surface area contributed by atoms with E-state index in [0.29, 0.717) is 61.2 Å². The zero-order valence-corrected chi connectivity index (χ0v) is 17.7. The number of benzene rings is 2. The van der Waals surface area contributed by atoms with Gasteiger partial charge in [0.25, 0.3) is 5.91 Å². The van der Waals surface area contributed by atoms with Crippen LogP contribution in [0.3, 0.4) is 0 Å². The van der Waals surface area contributed by atoms with Crippen molar-refractivity contribution >= 4 is 35.0 Å². The topological polar surface area (TPSA) is 49.9 Å². The number of hydrogen-bond donors (Lipinski definition) is 0. The maximum Gasteiger partial charge on any atom is 0.255 e. The lowest BCUT2D eigenvalue weighted by molar-refractivity contribution is -0.131. The van der Waals surface area contributed by atoms with Gasteiger partial charge in [-0.25, -0.2) is 0 Å². The van der Waals surface area contributed by atoms with E-state index in [9.17, 15) is 9.59 Å². The van der Waals surface area contributed by atoms with Crippen molar-refractivity contribution < 1.29 is 14.3 Å². The molecule has 0 saturated carbocycles. The van der Waals surface area contributed by atoms with Crippen molar-refractivity contribution in [3.63, 3.8) is 0 Å². The summed E-state index contributed by atoms with van der Waals surface area (Å²) in [7, 11) is 0. The fourth-order valence-corrected chi connectivity index (χ4v) is 3.66. The van der Waals surface area contributed by atoms with Crippen LogP contribution in [0.15, 0.2) is 48.5 Å². The molecule has 0 atom stereocenters. The number of rotatable bonds is 6. The van der Waals surface area contributed by atoms with E-state index in [4.69, 9.17) is 27.9 Å². The fraction of sp³-hybridized carbons (Fsp3) is 0.364. The molecule has 2 amide bonds. The molecular formula is C22H24Cl2N2O3. The molecule has 2 aromatic carbocycles. The molecule has 0 aliphatic carbocycles. The molecule has 0 spiro atoms. The van der Waals surface area contributed by atoms with Crippen molar-refractivity contribution in [2.45, 2.75) is 19.3 Å². The maximum absolute atomic E-state index is 12.8. The molecule has 1 aliphatic heterocycles. The van der Waals surface area contributed by atoms with Crippen LogP contribution in [0.4, 0.5) is 0 Å². The molecule has 1 fully saturated rings. The van der Waals surface area contributed by atoms with Gasteiger partial charge in [0.1, 0.15) is 5.75 Å². The first-order valence-corrected chi connectivity index (χ1v) is 10.5. The predicted octanol–water partition coefficient (Wildman–Crippen LogP) is 4.53. The molecule has 3 rings (SSSR count). The van der Waals surface area contributed by atoms with Crippen LogP contribution in [0, 0.1) is 0 Å². The van der Waals surface area contributed by atoms with Crippen LogP contribution in [-0.2, 0) is 4.79 Å². The van der Waals surface area contributed by atoms with Crippen molar-refractivity contribution in [2.75, 3.05) is 32.8 Å². The summed E-state index contributed by atoms with van der Waals surface area (Å²) in [6.07, 6.45) is 1.82. The number of carbonyl (C=O) groups excluding carboxylic acids is 2. The minimum absolute atomic E-state index is 0.0942. The summed E-state index contributed by atoms with van der Waals surface area (Å²) in [5.41, 5.74) is 0.400. The molecule has 5 nitrogen and oxygen atoms in total. The Morgan fingerprint density at radius 1 is 0.931 bits per heavy atom. The fourth-order valence-electron chi connectivity index (χ4n) is 3.29. The van der Waals surface area contributed by atoms with Crippen LogP contribution in [0.1, 0.15) is 29.6 Å². The van der Waals surface area contributed by atoms with Gasteiger partial charge in [-0.15, -0.1) is 0 Å². The van der Waals surface area contributed by atoms with Gasteiger partial charge in [0.05, 0.1) is 17.2 Å². The molecular weight excluding hydrogens is 411 g/mol. The Balaban J connectivity index is 1.47. The van der Waals surface area contributed by atoms with Gasteiger partial charge in [-0.1, -0.05) is 41.4 Å². The average Bonchev–Trinajstić information content (AvgIpc) is 2.99. The van der Waals surface area contributed by atoms with Crippen molar-refractivity contribution in [3.8, 4) is 5.75 Å². The smallest absolute Gasteiger partial charge is 0.255 e. The molecule has 7 heteroatoms. The van der Waals surface area contributed by atoms with Gasteiger partial charge in [0.2, 0.25) is 5.91 Å². The van der Waals surface area contributed by atoms with E-state index in [1.54, 1.807) is 23.1 Å². The normalized spacial score (nSPS) is 14.4.